The summed E-state index contributed by atoms with van der Waals surface area (Å²) in [6.07, 6.45) is 0.786. The average molecular weight is 227 g/mol. The van der Waals surface area contributed by atoms with Crippen LogP contribution in [-0.2, 0) is 6.42 Å². The summed E-state index contributed by atoms with van der Waals surface area (Å²) in [4.78, 5) is 0. The summed E-state index contributed by atoms with van der Waals surface area (Å²) in [5.41, 5.74) is 4.38. The second-order valence-electron chi connectivity index (χ2n) is 3.22. The van der Waals surface area contributed by atoms with Crippen LogP contribution in [0.1, 0.15) is 11.1 Å². The van der Waals surface area contributed by atoms with Crippen LogP contribution in [0.4, 0.5) is 4.39 Å². The lowest BCUT2D eigenvalue weighted by atomic mass is 10.1. The molecular weight excluding hydrogens is 213 g/mol. The second kappa shape index (κ2) is 5.63. The molecule has 0 bridgehead atoms. The summed E-state index contributed by atoms with van der Waals surface area (Å²) in [6.45, 7) is 2.56. The molecule has 0 aliphatic heterocycles. The summed E-state index contributed by atoms with van der Waals surface area (Å²) >= 11 is 4.82. The van der Waals surface area contributed by atoms with Crippen LogP contribution in [0.15, 0.2) is 18.2 Å². The molecule has 0 fully saturated rings. The Hall–Kier alpha value is -1.20. The lowest BCUT2D eigenvalue weighted by molar-refractivity contribution is 0.625. The SMILES string of the molecule is Cc1cc(F)ccc1CCNC(=S)NN. The maximum Gasteiger partial charge on any atom is 0.180 e. The zero-order valence-electron chi connectivity index (χ0n) is 8.51. The molecule has 0 aliphatic rings. The van der Waals surface area contributed by atoms with Crippen LogP contribution in [0.2, 0.25) is 0 Å². The third kappa shape index (κ3) is 3.81. The van der Waals surface area contributed by atoms with E-state index in [9.17, 15) is 4.39 Å². The molecule has 0 saturated carbocycles. The molecule has 0 amide bonds. The topological polar surface area (TPSA) is 50.1 Å². The quantitative estimate of drug-likeness (QED) is 0.410. The van der Waals surface area contributed by atoms with E-state index in [1.165, 1.54) is 12.1 Å². The average Bonchev–Trinajstić information content (AvgIpc) is 2.21. The fourth-order valence-corrected chi connectivity index (χ4v) is 1.40. The summed E-state index contributed by atoms with van der Waals surface area (Å²) in [7, 11) is 0. The molecule has 1 rings (SSSR count). The van der Waals surface area contributed by atoms with Crippen LogP contribution in [0.25, 0.3) is 0 Å². The van der Waals surface area contributed by atoms with Gasteiger partial charge in [0.2, 0.25) is 0 Å². The van der Waals surface area contributed by atoms with Gasteiger partial charge in [-0.15, -0.1) is 0 Å². The number of halogens is 1. The second-order valence-corrected chi connectivity index (χ2v) is 3.63. The van der Waals surface area contributed by atoms with Crippen molar-refractivity contribution < 1.29 is 4.39 Å². The Bertz CT molecular complexity index is 355. The molecule has 4 N–H and O–H groups in total. The van der Waals surface area contributed by atoms with Crippen molar-refractivity contribution in [3.63, 3.8) is 0 Å². The molecule has 82 valence electrons. The number of hydrazine groups is 1. The molecule has 0 radical (unpaired) electrons. The summed E-state index contributed by atoms with van der Waals surface area (Å²) in [6, 6.07) is 4.77. The maximum atomic E-state index is 12.8. The third-order valence-electron chi connectivity index (χ3n) is 2.12. The lowest BCUT2D eigenvalue weighted by Crippen LogP contribution is -2.40. The van der Waals surface area contributed by atoms with E-state index in [0.29, 0.717) is 11.7 Å². The van der Waals surface area contributed by atoms with Crippen molar-refractivity contribution >= 4 is 17.3 Å². The van der Waals surface area contributed by atoms with E-state index in [1.54, 1.807) is 6.07 Å². The Balaban J connectivity index is 2.47. The molecule has 0 aliphatic carbocycles. The third-order valence-corrected chi connectivity index (χ3v) is 2.38. The van der Waals surface area contributed by atoms with Crippen LogP contribution in [-0.4, -0.2) is 11.7 Å². The number of nitrogens with two attached hydrogens (primary N) is 1. The zero-order valence-corrected chi connectivity index (χ0v) is 9.33. The Morgan fingerprint density at radius 3 is 2.87 bits per heavy atom. The molecule has 0 unspecified atom stereocenters. The van der Waals surface area contributed by atoms with Gasteiger partial charge in [0.15, 0.2) is 5.11 Å². The molecule has 3 nitrogen and oxygen atoms in total. The summed E-state index contributed by atoms with van der Waals surface area (Å²) < 4.78 is 12.8. The first-order valence-electron chi connectivity index (χ1n) is 4.63. The van der Waals surface area contributed by atoms with Gasteiger partial charge in [0.05, 0.1) is 0 Å². The van der Waals surface area contributed by atoms with E-state index in [4.69, 9.17) is 18.1 Å². The van der Waals surface area contributed by atoms with E-state index in [-0.39, 0.29) is 5.82 Å². The van der Waals surface area contributed by atoms with Gasteiger partial charge in [-0.05, 0) is 48.8 Å². The van der Waals surface area contributed by atoms with Crippen molar-refractivity contribution in [2.45, 2.75) is 13.3 Å². The predicted molar refractivity (Wildman–Crippen MR) is 62.8 cm³/mol. The highest BCUT2D eigenvalue weighted by molar-refractivity contribution is 7.80. The number of aryl methyl sites for hydroxylation is 1. The van der Waals surface area contributed by atoms with Crippen molar-refractivity contribution in [3.05, 3.63) is 35.1 Å². The Kier molecular flexibility index (Phi) is 4.45. The van der Waals surface area contributed by atoms with Crippen LogP contribution in [0.5, 0.6) is 0 Å². The number of nitrogens with one attached hydrogen (secondary N) is 2. The highest BCUT2D eigenvalue weighted by Crippen LogP contribution is 2.10. The molecule has 0 atom stereocenters. The van der Waals surface area contributed by atoms with Crippen LogP contribution < -0.4 is 16.6 Å². The normalized spacial score (nSPS) is 9.80. The van der Waals surface area contributed by atoms with E-state index in [0.717, 1.165) is 17.5 Å². The predicted octanol–water partition coefficient (Wildman–Crippen LogP) is 1.01. The fraction of sp³-hybridized carbons (Fsp3) is 0.300. The monoisotopic (exact) mass is 227 g/mol. The number of hydrogen-bond donors (Lipinski definition) is 3. The standard InChI is InChI=1S/C10H14FN3S/c1-7-6-9(11)3-2-8(7)4-5-13-10(15)14-12/h2-3,6H,4-5,12H2,1H3,(H2,13,14,15). The number of benzene rings is 1. The molecule has 5 heteroatoms. The molecule has 15 heavy (non-hydrogen) atoms. The van der Waals surface area contributed by atoms with Crippen molar-refractivity contribution in [2.75, 3.05) is 6.54 Å². The highest BCUT2D eigenvalue weighted by Gasteiger charge is 2.00. The van der Waals surface area contributed by atoms with Gasteiger partial charge in [0.25, 0.3) is 0 Å². The van der Waals surface area contributed by atoms with Gasteiger partial charge in [-0.2, -0.15) is 0 Å². The minimum atomic E-state index is -0.205. The molecule has 0 aromatic heterocycles. The summed E-state index contributed by atoms with van der Waals surface area (Å²) in [5.74, 6) is 4.89. The Morgan fingerprint density at radius 2 is 2.27 bits per heavy atom. The number of thiocarbonyl (C=S) groups is 1. The van der Waals surface area contributed by atoms with Crippen molar-refractivity contribution in [1.29, 1.82) is 0 Å². The Labute approximate surface area is 93.8 Å². The fourth-order valence-electron chi connectivity index (χ4n) is 1.30. The van der Waals surface area contributed by atoms with Gasteiger partial charge in [-0.1, -0.05) is 6.07 Å². The number of rotatable bonds is 3. The minimum absolute atomic E-state index is 0.205. The first-order valence-corrected chi connectivity index (χ1v) is 5.04. The number of hydrogen-bond acceptors (Lipinski definition) is 2. The van der Waals surface area contributed by atoms with Crippen LogP contribution in [0.3, 0.4) is 0 Å². The zero-order chi connectivity index (χ0) is 11.3. The van der Waals surface area contributed by atoms with E-state index < -0.39 is 0 Å². The molecule has 0 saturated heterocycles. The van der Waals surface area contributed by atoms with Crippen molar-refractivity contribution in [2.24, 2.45) is 5.84 Å². The molecule has 1 aromatic rings. The van der Waals surface area contributed by atoms with E-state index >= 15 is 0 Å². The van der Waals surface area contributed by atoms with Gasteiger partial charge in [0.1, 0.15) is 5.82 Å². The van der Waals surface area contributed by atoms with Gasteiger partial charge in [0, 0.05) is 6.54 Å². The minimum Gasteiger partial charge on any atom is -0.361 e. The molecule has 0 spiro atoms. The van der Waals surface area contributed by atoms with E-state index in [1.807, 2.05) is 6.92 Å². The molecular formula is C10H14FN3S. The molecule has 0 heterocycles. The highest BCUT2D eigenvalue weighted by atomic mass is 32.1. The van der Waals surface area contributed by atoms with Gasteiger partial charge >= 0.3 is 0 Å². The lowest BCUT2D eigenvalue weighted by Gasteiger charge is -2.08. The van der Waals surface area contributed by atoms with Crippen LogP contribution >= 0.6 is 12.2 Å². The van der Waals surface area contributed by atoms with E-state index in [2.05, 4.69) is 10.7 Å². The Morgan fingerprint density at radius 1 is 1.53 bits per heavy atom. The van der Waals surface area contributed by atoms with Crippen molar-refractivity contribution in [1.82, 2.24) is 10.7 Å². The van der Waals surface area contributed by atoms with Crippen LogP contribution in [0, 0.1) is 12.7 Å². The van der Waals surface area contributed by atoms with Gasteiger partial charge in [-0.25, -0.2) is 10.2 Å². The first-order chi connectivity index (χ1) is 7.13. The van der Waals surface area contributed by atoms with Crippen molar-refractivity contribution in [3.8, 4) is 0 Å². The largest absolute Gasteiger partial charge is 0.361 e. The summed E-state index contributed by atoms with van der Waals surface area (Å²) in [5, 5.41) is 3.34. The first kappa shape index (κ1) is 11.9. The smallest absolute Gasteiger partial charge is 0.180 e. The maximum absolute atomic E-state index is 12.8. The van der Waals surface area contributed by atoms with Gasteiger partial charge < -0.3 is 10.7 Å². The van der Waals surface area contributed by atoms with Gasteiger partial charge in [-0.3, -0.25) is 0 Å². The molecule has 1 aromatic carbocycles.